The maximum atomic E-state index is 5.92. The highest BCUT2D eigenvalue weighted by Gasteiger charge is 2.19. The van der Waals surface area contributed by atoms with Gasteiger partial charge in [0.1, 0.15) is 0 Å². The molecular weight excluding hydrogens is 280 g/mol. The third kappa shape index (κ3) is 3.54. The Labute approximate surface area is 138 Å². The summed E-state index contributed by atoms with van der Waals surface area (Å²) in [6, 6.07) is 15.5. The molecule has 0 spiro atoms. The molecular formula is C21H24N2. The lowest BCUT2D eigenvalue weighted by Crippen LogP contribution is -2.31. The van der Waals surface area contributed by atoms with E-state index in [1.807, 2.05) is 18.2 Å². The van der Waals surface area contributed by atoms with Crippen molar-refractivity contribution in [1.29, 1.82) is 0 Å². The number of nitrogens with one attached hydrogen (secondary N) is 1. The summed E-state index contributed by atoms with van der Waals surface area (Å²) in [6.45, 7) is 6.88. The van der Waals surface area contributed by atoms with Crippen molar-refractivity contribution in [3.63, 3.8) is 0 Å². The summed E-state index contributed by atoms with van der Waals surface area (Å²) >= 11 is 0. The van der Waals surface area contributed by atoms with Crippen LogP contribution >= 0.6 is 0 Å². The first kappa shape index (κ1) is 15.6. The zero-order valence-corrected chi connectivity index (χ0v) is 13.7. The van der Waals surface area contributed by atoms with Crippen molar-refractivity contribution in [3.8, 4) is 0 Å². The maximum absolute atomic E-state index is 5.92. The number of hydrogen-bond donors (Lipinski definition) is 2. The van der Waals surface area contributed by atoms with E-state index in [1.54, 1.807) is 0 Å². The molecule has 1 aliphatic heterocycles. The van der Waals surface area contributed by atoms with Gasteiger partial charge in [0.25, 0.3) is 0 Å². The van der Waals surface area contributed by atoms with Gasteiger partial charge in [-0.2, -0.15) is 0 Å². The minimum atomic E-state index is 0.370. The van der Waals surface area contributed by atoms with Crippen LogP contribution in [0, 0.1) is 0 Å². The van der Waals surface area contributed by atoms with Crippen molar-refractivity contribution in [3.05, 3.63) is 83.4 Å². The summed E-state index contributed by atoms with van der Waals surface area (Å²) < 4.78 is 0. The summed E-state index contributed by atoms with van der Waals surface area (Å²) in [5, 5.41) is 3.64. The molecule has 1 unspecified atom stereocenters. The van der Waals surface area contributed by atoms with Crippen LogP contribution in [0.4, 0.5) is 5.69 Å². The number of rotatable bonds is 4. The number of allylic oxidation sites excluding steroid dienone is 3. The van der Waals surface area contributed by atoms with E-state index in [2.05, 4.69) is 55.2 Å². The molecule has 0 amide bonds. The Balaban J connectivity index is 1.78. The van der Waals surface area contributed by atoms with Crippen LogP contribution in [0.25, 0.3) is 5.57 Å². The van der Waals surface area contributed by atoms with Gasteiger partial charge >= 0.3 is 0 Å². The van der Waals surface area contributed by atoms with Crippen LogP contribution in [-0.4, -0.2) is 6.54 Å². The number of nitrogens with two attached hydrogens (primary N) is 1. The van der Waals surface area contributed by atoms with E-state index in [0.717, 1.165) is 25.1 Å². The molecule has 0 saturated carbocycles. The molecule has 0 aromatic heterocycles. The predicted octanol–water partition coefficient (Wildman–Crippen LogP) is 4.29. The van der Waals surface area contributed by atoms with Gasteiger partial charge in [0.15, 0.2) is 0 Å². The lowest BCUT2D eigenvalue weighted by Gasteiger charge is -2.27. The molecule has 3 N–H and O–H groups in total. The lowest BCUT2D eigenvalue weighted by molar-refractivity contribution is 0.503. The lowest BCUT2D eigenvalue weighted by atomic mass is 9.89. The summed E-state index contributed by atoms with van der Waals surface area (Å²) in [5.41, 5.74) is 13.4. The van der Waals surface area contributed by atoms with E-state index in [4.69, 9.17) is 5.73 Å². The van der Waals surface area contributed by atoms with Crippen LogP contribution in [0.2, 0.25) is 0 Å². The van der Waals surface area contributed by atoms with E-state index in [0.29, 0.717) is 6.04 Å². The van der Waals surface area contributed by atoms with Crippen LogP contribution < -0.4 is 11.1 Å². The molecule has 2 aromatic rings. The second-order valence-electron chi connectivity index (χ2n) is 6.20. The Kier molecular flexibility index (Phi) is 4.63. The second-order valence-corrected chi connectivity index (χ2v) is 6.20. The van der Waals surface area contributed by atoms with Gasteiger partial charge in [-0.3, -0.25) is 0 Å². The topological polar surface area (TPSA) is 38.0 Å². The fraction of sp³-hybridized carbons (Fsp3) is 0.238. The van der Waals surface area contributed by atoms with Gasteiger partial charge in [-0.25, -0.2) is 0 Å². The molecule has 2 heteroatoms. The largest absolute Gasteiger partial charge is 0.399 e. The average molecular weight is 304 g/mol. The number of nitrogen functional groups attached to an aromatic ring is 1. The van der Waals surface area contributed by atoms with Gasteiger partial charge in [0, 0.05) is 11.7 Å². The van der Waals surface area contributed by atoms with Gasteiger partial charge in [-0.15, -0.1) is 0 Å². The SMILES string of the molecule is C=C/C=C(\C)c1ccc(CC2NCCc3cc(N)ccc32)cc1. The highest BCUT2D eigenvalue weighted by atomic mass is 14.9. The van der Waals surface area contributed by atoms with Crippen LogP contribution in [-0.2, 0) is 12.8 Å². The number of hydrogen-bond acceptors (Lipinski definition) is 2. The van der Waals surface area contributed by atoms with Crippen molar-refractivity contribution in [2.24, 2.45) is 0 Å². The average Bonchev–Trinajstić information content (AvgIpc) is 2.55. The molecule has 118 valence electrons. The van der Waals surface area contributed by atoms with Crippen molar-refractivity contribution in [2.75, 3.05) is 12.3 Å². The Morgan fingerprint density at radius 1 is 1.26 bits per heavy atom. The van der Waals surface area contributed by atoms with Crippen molar-refractivity contribution in [1.82, 2.24) is 5.32 Å². The molecule has 0 fully saturated rings. The number of fused-ring (bicyclic) bond motifs is 1. The Hall–Kier alpha value is -2.32. The molecule has 3 rings (SSSR count). The molecule has 1 atom stereocenters. The monoisotopic (exact) mass is 304 g/mol. The summed E-state index contributed by atoms with van der Waals surface area (Å²) in [6.07, 6.45) is 5.93. The van der Waals surface area contributed by atoms with Gasteiger partial charge in [0.05, 0.1) is 0 Å². The van der Waals surface area contributed by atoms with Crippen molar-refractivity contribution >= 4 is 11.3 Å². The fourth-order valence-electron chi connectivity index (χ4n) is 3.27. The van der Waals surface area contributed by atoms with Gasteiger partial charge in [-0.05, 0) is 66.3 Å². The fourth-order valence-corrected chi connectivity index (χ4v) is 3.27. The predicted molar refractivity (Wildman–Crippen MR) is 99.3 cm³/mol. The van der Waals surface area contributed by atoms with Crippen LogP contribution in [0.1, 0.15) is 35.2 Å². The second kappa shape index (κ2) is 6.84. The Bertz CT molecular complexity index is 726. The van der Waals surface area contributed by atoms with E-state index >= 15 is 0 Å². The van der Waals surface area contributed by atoms with E-state index in [1.165, 1.54) is 27.8 Å². The summed E-state index contributed by atoms with van der Waals surface area (Å²) in [7, 11) is 0. The van der Waals surface area contributed by atoms with Gasteiger partial charge < -0.3 is 11.1 Å². The standard InChI is InChI=1S/C21H24N2/c1-3-4-15(2)17-7-5-16(6-8-17)13-21-20-10-9-19(22)14-18(20)11-12-23-21/h3-10,14,21,23H,1,11-13,22H2,2H3/b15-4+. The molecule has 1 aliphatic rings. The van der Waals surface area contributed by atoms with Gasteiger partial charge in [-0.1, -0.05) is 49.1 Å². The first-order chi connectivity index (χ1) is 11.2. The van der Waals surface area contributed by atoms with Gasteiger partial charge in [0.2, 0.25) is 0 Å². The van der Waals surface area contributed by atoms with E-state index in [-0.39, 0.29) is 0 Å². The van der Waals surface area contributed by atoms with Crippen molar-refractivity contribution in [2.45, 2.75) is 25.8 Å². The third-order valence-electron chi connectivity index (χ3n) is 4.54. The molecule has 0 aliphatic carbocycles. The number of anilines is 1. The maximum Gasteiger partial charge on any atom is 0.0363 e. The van der Waals surface area contributed by atoms with Crippen molar-refractivity contribution < 1.29 is 0 Å². The molecule has 2 aromatic carbocycles. The summed E-state index contributed by atoms with van der Waals surface area (Å²) in [4.78, 5) is 0. The molecule has 23 heavy (non-hydrogen) atoms. The zero-order valence-electron chi connectivity index (χ0n) is 13.7. The molecule has 0 saturated heterocycles. The van der Waals surface area contributed by atoms with Crippen LogP contribution in [0.5, 0.6) is 0 Å². The Morgan fingerprint density at radius 3 is 2.78 bits per heavy atom. The highest BCUT2D eigenvalue weighted by molar-refractivity contribution is 5.65. The number of benzene rings is 2. The molecule has 1 heterocycles. The van der Waals surface area contributed by atoms with E-state index < -0.39 is 0 Å². The summed E-state index contributed by atoms with van der Waals surface area (Å²) in [5.74, 6) is 0. The van der Waals surface area contributed by atoms with Crippen LogP contribution in [0.15, 0.2) is 61.2 Å². The quantitative estimate of drug-likeness (QED) is 0.653. The molecule has 2 nitrogen and oxygen atoms in total. The molecule has 0 radical (unpaired) electrons. The Morgan fingerprint density at radius 2 is 2.04 bits per heavy atom. The first-order valence-electron chi connectivity index (χ1n) is 8.17. The molecule has 0 bridgehead atoms. The normalized spacial score (nSPS) is 17.6. The smallest absolute Gasteiger partial charge is 0.0363 e. The van der Waals surface area contributed by atoms with E-state index in [9.17, 15) is 0 Å². The minimum Gasteiger partial charge on any atom is -0.399 e. The first-order valence-corrected chi connectivity index (χ1v) is 8.17. The zero-order chi connectivity index (χ0) is 16.2. The minimum absolute atomic E-state index is 0.370. The highest BCUT2D eigenvalue weighted by Crippen LogP contribution is 2.28. The third-order valence-corrected chi connectivity index (χ3v) is 4.54. The van der Waals surface area contributed by atoms with Crippen LogP contribution in [0.3, 0.4) is 0 Å².